The molecule has 0 bridgehead atoms. The number of hydrogen-bond acceptors (Lipinski definition) is 3. The first-order valence-corrected chi connectivity index (χ1v) is 5.93. The molecule has 4 nitrogen and oxygen atoms in total. The molecule has 3 N–H and O–H groups in total. The molecule has 0 atom stereocenters. The van der Waals surface area contributed by atoms with E-state index >= 15 is 0 Å². The number of ether oxygens (including phenoxy) is 1. The Morgan fingerprint density at radius 2 is 2.11 bits per heavy atom. The zero-order valence-corrected chi connectivity index (χ0v) is 11.0. The number of amidine groups is 1. The third-order valence-corrected chi connectivity index (χ3v) is 2.92. The summed E-state index contributed by atoms with van der Waals surface area (Å²) < 4.78 is 31.4. The van der Waals surface area contributed by atoms with E-state index in [1.807, 2.05) is 13.8 Å². The van der Waals surface area contributed by atoms with Gasteiger partial charge >= 0.3 is 0 Å². The Labute approximate surface area is 110 Å². The van der Waals surface area contributed by atoms with Crippen LogP contribution in [0.25, 0.3) is 0 Å². The van der Waals surface area contributed by atoms with Crippen LogP contribution in [0.5, 0.6) is 5.75 Å². The Kier molecular flexibility index (Phi) is 5.09. The van der Waals surface area contributed by atoms with Crippen molar-refractivity contribution in [2.24, 2.45) is 16.3 Å². The SMILES string of the molecule is CC(C)(CCCOc1cccc(F)c1F)C(N)=NO. The van der Waals surface area contributed by atoms with E-state index in [1.54, 1.807) is 0 Å². The molecule has 0 amide bonds. The predicted octanol–water partition coefficient (Wildman–Crippen LogP) is 2.90. The van der Waals surface area contributed by atoms with Crippen molar-refractivity contribution >= 4 is 5.84 Å². The third-order valence-electron chi connectivity index (χ3n) is 2.92. The third kappa shape index (κ3) is 4.08. The molecule has 0 heterocycles. The molecule has 0 saturated carbocycles. The highest BCUT2D eigenvalue weighted by molar-refractivity contribution is 5.85. The van der Waals surface area contributed by atoms with Gasteiger partial charge in [-0.15, -0.1) is 0 Å². The van der Waals surface area contributed by atoms with Gasteiger partial charge in [-0.3, -0.25) is 0 Å². The summed E-state index contributed by atoms with van der Waals surface area (Å²) in [5, 5.41) is 11.6. The molecule has 0 radical (unpaired) electrons. The lowest BCUT2D eigenvalue weighted by molar-refractivity contribution is 0.266. The number of oxime groups is 1. The maximum absolute atomic E-state index is 13.3. The minimum atomic E-state index is -0.988. The molecule has 1 aromatic rings. The molecule has 0 saturated heterocycles. The second-order valence-corrected chi connectivity index (χ2v) is 4.87. The molecular formula is C13H18F2N2O2. The van der Waals surface area contributed by atoms with Gasteiger partial charge in [0.1, 0.15) is 5.84 Å². The molecule has 0 aromatic heterocycles. The smallest absolute Gasteiger partial charge is 0.200 e. The van der Waals surface area contributed by atoms with Crippen molar-refractivity contribution in [1.29, 1.82) is 0 Å². The Morgan fingerprint density at radius 3 is 2.74 bits per heavy atom. The van der Waals surface area contributed by atoms with Crippen molar-refractivity contribution in [3.05, 3.63) is 29.8 Å². The monoisotopic (exact) mass is 272 g/mol. The molecular weight excluding hydrogens is 254 g/mol. The number of rotatable bonds is 6. The molecule has 6 heteroatoms. The summed E-state index contributed by atoms with van der Waals surface area (Å²) in [6.45, 7) is 3.87. The van der Waals surface area contributed by atoms with Crippen molar-refractivity contribution in [3.63, 3.8) is 0 Å². The van der Waals surface area contributed by atoms with Crippen LogP contribution < -0.4 is 10.5 Å². The van der Waals surface area contributed by atoms with Crippen LogP contribution in [-0.2, 0) is 0 Å². The average molecular weight is 272 g/mol. The highest BCUT2D eigenvalue weighted by Crippen LogP contribution is 2.23. The Balaban J connectivity index is 2.46. The molecule has 0 fully saturated rings. The van der Waals surface area contributed by atoms with E-state index in [2.05, 4.69) is 5.16 Å². The normalized spacial score (nSPS) is 12.5. The van der Waals surface area contributed by atoms with E-state index in [9.17, 15) is 8.78 Å². The van der Waals surface area contributed by atoms with Crippen LogP contribution in [0.15, 0.2) is 23.4 Å². The first-order chi connectivity index (χ1) is 8.88. The zero-order valence-electron chi connectivity index (χ0n) is 11.0. The molecule has 19 heavy (non-hydrogen) atoms. The summed E-state index contributed by atoms with van der Waals surface area (Å²) in [6, 6.07) is 3.78. The molecule has 0 aliphatic rings. The lowest BCUT2D eigenvalue weighted by atomic mass is 9.87. The van der Waals surface area contributed by atoms with Crippen LogP contribution in [0.2, 0.25) is 0 Å². The van der Waals surface area contributed by atoms with Gasteiger partial charge in [0.25, 0.3) is 0 Å². The molecule has 1 rings (SSSR count). The van der Waals surface area contributed by atoms with Gasteiger partial charge < -0.3 is 15.7 Å². The number of halogens is 2. The average Bonchev–Trinajstić information content (AvgIpc) is 2.38. The van der Waals surface area contributed by atoms with E-state index in [1.165, 1.54) is 12.1 Å². The van der Waals surface area contributed by atoms with Gasteiger partial charge in [0.2, 0.25) is 5.82 Å². The highest BCUT2D eigenvalue weighted by Gasteiger charge is 2.23. The number of nitrogens with two attached hydrogens (primary N) is 1. The maximum atomic E-state index is 13.3. The second kappa shape index (κ2) is 6.36. The van der Waals surface area contributed by atoms with Gasteiger partial charge in [0, 0.05) is 5.41 Å². The highest BCUT2D eigenvalue weighted by atomic mass is 19.2. The van der Waals surface area contributed by atoms with Crippen LogP contribution in [0.4, 0.5) is 8.78 Å². The predicted molar refractivity (Wildman–Crippen MR) is 68.3 cm³/mol. The van der Waals surface area contributed by atoms with Crippen molar-refractivity contribution in [1.82, 2.24) is 0 Å². The van der Waals surface area contributed by atoms with E-state index in [0.717, 1.165) is 6.07 Å². The van der Waals surface area contributed by atoms with Crippen molar-refractivity contribution in [3.8, 4) is 5.75 Å². The number of benzene rings is 1. The van der Waals surface area contributed by atoms with Gasteiger partial charge in [0.05, 0.1) is 6.61 Å². The molecule has 0 unspecified atom stereocenters. The summed E-state index contributed by atoms with van der Waals surface area (Å²) in [6.07, 6.45) is 1.17. The topological polar surface area (TPSA) is 67.8 Å². The molecule has 0 spiro atoms. The number of hydrogen-bond donors (Lipinski definition) is 2. The summed E-state index contributed by atoms with van der Waals surface area (Å²) in [5.74, 6) is -1.90. The van der Waals surface area contributed by atoms with Crippen LogP contribution in [0, 0.1) is 17.0 Å². The molecule has 0 aliphatic heterocycles. The maximum Gasteiger partial charge on any atom is 0.200 e. The van der Waals surface area contributed by atoms with Crippen LogP contribution in [-0.4, -0.2) is 17.6 Å². The zero-order chi connectivity index (χ0) is 14.5. The first-order valence-electron chi connectivity index (χ1n) is 5.93. The summed E-state index contributed by atoms with van der Waals surface area (Å²) in [4.78, 5) is 0. The minimum absolute atomic E-state index is 0.110. The van der Waals surface area contributed by atoms with E-state index in [-0.39, 0.29) is 18.2 Å². The van der Waals surface area contributed by atoms with Crippen molar-refractivity contribution in [2.75, 3.05) is 6.61 Å². The second-order valence-electron chi connectivity index (χ2n) is 4.87. The quantitative estimate of drug-likeness (QED) is 0.275. The standard InChI is InChI=1S/C13H18F2N2O2/c1-13(2,12(16)17-18)7-4-8-19-10-6-3-5-9(14)11(10)15/h3,5-6,18H,4,7-8H2,1-2H3,(H2,16,17). The van der Waals surface area contributed by atoms with E-state index in [0.29, 0.717) is 12.8 Å². The van der Waals surface area contributed by atoms with Crippen LogP contribution in [0.1, 0.15) is 26.7 Å². The largest absolute Gasteiger partial charge is 0.490 e. The molecule has 106 valence electrons. The molecule has 1 aromatic carbocycles. The van der Waals surface area contributed by atoms with E-state index < -0.39 is 17.0 Å². The Morgan fingerprint density at radius 1 is 1.42 bits per heavy atom. The molecule has 0 aliphatic carbocycles. The lowest BCUT2D eigenvalue weighted by Gasteiger charge is -2.22. The Hall–Kier alpha value is -1.85. The first kappa shape index (κ1) is 15.2. The lowest BCUT2D eigenvalue weighted by Crippen LogP contribution is -2.32. The summed E-state index contributed by atoms with van der Waals surface area (Å²) in [7, 11) is 0. The van der Waals surface area contributed by atoms with Crippen LogP contribution in [0.3, 0.4) is 0 Å². The van der Waals surface area contributed by atoms with Crippen molar-refractivity contribution in [2.45, 2.75) is 26.7 Å². The van der Waals surface area contributed by atoms with E-state index in [4.69, 9.17) is 15.7 Å². The van der Waals surface area contributed by atoms with Gasteiger partial charge in [-0.25, -0.2) is 4.39 Å². The fourth-order valence-corrected chi connectivity index (χ4v) is 1.56. The Bertz CT molecular complexity index is 462. The summed E-state index contributed by atoms with van der Waals surface area (Å²) >= 11 is 0. The van der Waals surface area contributed by atoms with Crippen LogP contribution >= 0.6 is 0 Å². The van der Waals surface area contributed by atoms with Gasteiger partial charge in [-0.2, -0.15) is 4.39 Å². The van der Waals surface area contributed by atoms with Gasteiger partial charge in [0.15, 0.2) is 11.6 Å². The van der Waals surface area contributed by atoms with Gasteiger partial charge in [-0.05, 0) is 25.0 Å². The fraction of sp³-hybridized carbons (Fsp3) is 0.462. The van der Waals surface area contributed by atoms with Gasteiger partial charge in [-0.1, -0.05) is 25.1 Å². The minimum Gasteiger partial charge on any atom is -0.490 e. The summed E-state index contributed by atoms with van der Waals surface area (Å²) in [5.41, 5.74) is 5.06. The number of nitrogens with zero attached hydrogens (tertiary/aromatic N) is 1. The fourth-order valence-electron chi connectivity index (χ4n) is 1.56. The van der Waals surface area contributed by atoms with Crippen molar-refractivity contribution < 1.29 is 18.7 Å².